The number of nitrogens with one attached hydrogen (secondary N) is 2. The molecular weight excluding hydrogens is 434 g/mol. The van der Waals surface area contributed by atoms with E-state index in [-0.39, 0.29) is 17.6 Å². The normalized spacial score (nSPS) is 14.1. The lowest BCUT2D eigenvalue weighted by Gasteiger charge is -2.21. The van der Waals surface area contributed by atoms with Crippen molar-refractivity contribution in [3.63, 3.8) is 0 Å². The number of anilines is 1. The first-order valence-electron chi connectivity index (χ1n) is 11.4. The zero-order chi connectivity index (χ0) is 22.9. The first-order chi connectivity index (χ1) is 16.2. The Morgan fingerprint density at radius 3 is 2.67 bits per heavy atom. The molecular formula is C25H29N5O2S. The molecule has 7 nitrogen and oxygen atoms in total. The number of hydrogen-bond acceptors (Lipinski definition) is 5. The Hall–Kier alpha value is -3.13. The van der Waals surface area contributed by atoms with Crippen LogP contribution in [0.25, 0.3) is 0 Å². The van der Waals surface area contributed by atoms with Crippen LogP contribution in [0.2, 0.25) is 0 Å². The van der Waals surface area contributed by atoms with Gasteiger partial charge >= 0.3 is 0 Å². The SMILES string of the molecule is O=C(CSc1ccccc1C(=O)Nc1ccn(Cc2ccccn2)n1)NCC1CCCCC1. The molecule has 1 aliphatic rings. The van der Waals surface area contributed by atoms with E-state index < -0.39 is 0 Å². The van der Waals surface area contributed by atoms with Gasteiger partial charge in [-0.3, -0.25) is 19.3 Å². The fraction of sp³-hybridized carbons (Fsp3) is 0.360. The lowest BCUT2D eigenvalue weighted by atomic mass is 9.89. The first kappa shape index (κ1) is 23.0. The third-order valence-corrected chi connectivity index (χ3v) is 6.81. The second-order valence-corrected chi connectivity index (χ2v) is 9.28. The number of rotatable bonds is 9. The molecule has 8 heteroatoms. The smallest absolute Gasteiger partial charge is 0.257 e. The van der Waals surface area contributed by atoms with Crippen LogP contribution in [0.1, 0.15) is 48.2 Å². The van der Waals surface area contributed by atoms with E-state index in [0.717, 1.165) is 17.1 Å². The van der Waals surface area contributed by atoms with Crippen molar-refractivity contribution in [1.82, 2.24) is 20.1 Å². The van der Waals surface area contributed by atoms with E-state index in [0.29, 0.717) is 23.8 Å². The summed E-state index contributed by atoms with van der Waals surface area (Å²) in [6, 6.07) is 14.8. The first-order valence-corrected chi connectivity index (χ1v) is 12.4. The topological polar surface area (TPSA) is 88.9 Å². The molecule has 3 aromatic rings. The quantitative estimate of drug-likeness (QED) is 0.460. The Labute approximate surface area is 198 Å². The van der Waals surface area contributed by atoms with Crippen LogP contribution in [0.4, 0.5) is 5.82 Å². The molecule has 0 saturated heterocycles. The van der Waals surface area contributed by atoms with Crippen molar-refractivity contribution in [2.75, 3.05) is 17.6 Å². The van der Waals surface area contributed by atoms with Crippen LogP contribution in [-0.4, -0.2) is 38.9 Å². The number of benzene rings is 1. The van der Waals surface area contributed by atoms with Gasteiger partial charge in [0.2, 0.25) is 5.91 Å². The van der Waals surface area contributed by atoms with E-state index >= 15 is 0 Å². The van der Waals surface area contributed by atoms with Crippen LogP contribution in [-0.2, 0) is 11.3 Å². The van der Waals surface area contributed by atoms with E-state index in [2.05, 4.69) is 20.7 Å². The third kappa shape index (κ3) is 6.92. The van der Waals surface area contributed by atoms with Crippen molar-refractivity contribution in [2.24, 2.45) is 5.92 Å². The molecule has 1 aliphatic carbocycles. The number of pyridine rings is 1. The van der Waals surface area contributed by atoms with Crippen molar-refractivity contribution in [2.45, 2.75) is 43.5 Å². The average Bonchev–Trinajstić information content (AvgIpc) is 3.29. The molecule has 0 spiro atoms. The molecule has 2 heterocycles. The molecule has 0 unspecified atom stereocenters. The lowest BCUT2D eigenvalue weighted by Crippen LogP contribution is -2.31. The Bertz CT molecular complexity index is 1060. The summed E-state index contributed by atoms with van der Waals surface area (Å²) >= 11 is 1.38. The number of thioether (sulfide) groups is 1. The van der Waals surface area contributed by atoms with Crippen molar-refractivity contribution in [1.29, 1.82) is 0 Å². The van der Waals surface area contributed by atoms with Crippen molar-refractivity contribution >= 4 is 29.4 Å². The van der Waals surface area contributed by atoms with Crippen molar-refractivity contribution < 1.29 is 9.59 Å². The van der Waals surface area contributed by atoms with E-state index in [1.807, 2.05) is 42.6 Å². The predicted octanol–water partition coefficient (Wildman–Crippen LogP) is 4.37. The van der Waals surface area contributed by atoms with E-state index in [9.17, 15) is 9.59 Å². The summed E-state index contributed by atoms with van der Waals surface area (Å²) in [5, 5.41) is 10.3. The molecule has 1 aromatic carbocycles. The minimum absolute atomic E-state index is 0.00838. The predicted molar refractivity (Wildman–Crippen MR) is 130 cm³/mol. The number of carbonyl (C=O) groups is 2. The maximum absolute atomic E-state index is 12.9. The monoisotopic (exact) mass is 463 g/mol. The third-order valence-electron chi connectivity index (χ3n) is 5.74. The molecule has 2 N–H and O–H groups in total. The Morgan fingerprint density at radius 2 is 1.85 bits per heavy atom. The van der Waals surface area contributed by atoms with Gasteiger partial charge in [-0.2, -0.15) is 5.10 Å². The van der Waals surface area contributed by atoms with Crippen molar-refractivity contribution in [3.8, 4) is 0 Å². The molecule has 0 radical (unpaired) electrons. The minimum Gasteiger partial charge on any atom is -0.355 e. The second kappa shape index (κ2) is 11.7. The molecule has 1 fully saturated rings. The van der Waals surface area contributed by atoms with Crippen LogP contribution < -0.4 is 10.6 Å². The summed E-state index contributed by atoms with van der Waals surface area (Å²) in [6.45, 7) is 1.28. The van der Waals surface area contributed by atoms with Crippen LogP contribution in [0.3, 0.4) is 0 Å². The Balaban J connectivity index is 1.30. The van der Waals surface area contributed by atoms with Crippen LogP contribution in [0.5, 0.6) is 0 Å². The highest BCUT2D eigenvalue weighted by Gasteiger charge is 2.16. The zero-order valence-electron chi connectivity index (χ0n) is 18.6. The van der Waals surface area contributed by atoms with Crippen molar-refractivity contribution in [3.05, 3.63) is 72.2 Å². The molecule has 172 valence electrons. The van der Waals surface area contributed by atoms with Crippen LogP contribution >= 0.6 is 11.8 Å². The van der Waals surface area contributed by atoms with Gasteiger partial charge in [0.1, 0.15) is 0 Å². The maximum atomic E-state index is 12.9. The largest absolute Gasteiger partial charge is 0.355 e. The highest BCUT2D eigenvalue weighted by Crippen LogP contribution is 2.25. The van der Waals surface area contributed by atoms with Gasteiger partial charge in [-0.05, 0) is 43.0 Å². The standard InChI is InChI=1S/C25H29N5O2S/c31-24(27-16-19-8-2-1-3-9-19)18-33-22-12-5-4-11-21(22)25(32)28-23-13-15-30(29-23)17-20-10-6-7-14-26-20/h4-7,10-15,19H,1-3,8-9,16-18H2,(H,27,31)(H,28,29,32). The summed E-state index contributed by atoms with van der Waals surface area (Å²) in [4.78, 5) is 30.3. The number of amides is 2. The van der Waals surface area contributed by atoms with Gasteiger partial charge in [-0.25, -0.2) is 0 Å². The van der Waals surface area contributed by atoms with Gasteiger partial charge < -0.3 is 10.6 Å². The van der Waals surface area contributed by atoms with Gasteiger partial charge in [-0.1, -0.05) is 37.5 Å². The molecule has 0 bridgehead atoms. The van der Waals surface area contributed by atoms with Gasteiger partial charge in [-0.15, -0.1) is 11.8 Å². The number of nitrogens with zero attached hydrogens (tertiary/aromatic N) is 3. The van der Waals surface area contributed by atoms with Gasteiger partial charge in [0.05, 0.1) is 23.6 Å². The Kier molecular flexibility index (Phi) is 8.14. The zero-order valence-corrected chi connectivity index (χ0v) is 19.4. The van der Waals surface area contributed by atoms with Gasteiger partial charge in [0, 0.05) is 29.9 Å². The van der Waals surface area contributed by atoms with E-state index in [1.54, 1.807) is 23.0 Å². The minimum atomic E-state index is -0.246. The maximum Gasteiger partial charge on any atom is 0.257 e. The highest BCUT2D eigenvalue weighted by molar-refractivity contribution is 8.00. The lowest BCUT2D eigenvalue weighted by molar-refractivity contribution is -0.118. The van der Waals surface area contributed by atoms with Gasteiger partial charge in [0.25, 0.3) is 5.91 Å². The van der Waals surface area contributed by atoms with Gasteiger partial charge in [0.15, 0.2) is 5.82 Å². The summed E-state index contributed by atoms with van der Waals surface area (Å²) in [6.07, 6.45) is 9.79. The number of aromatic nitrogens is 3. The van der Waals surface area contributed by atoms with Crippen LogP contribution in [0, 0.1) is 5.92 Å². The second-order valence-electron chi connectivity index (χ2n) is 8.27. The molecule has 4 rings (SSSR count). The van der Waals surface area contributed by atoms with Crippen LogP contribution in [0.15, 0.2) is 65.8 Å². The molecule has 2 amide bonds. The fourth-order valence-electron chi connectivity index (χ4n) is 3.98. The molecule has 2 aromatic heterocycles. The number of hydrogen-bond donors (Lipinski definition) is 2. The summed E-state index contributed by atoms with van der Waals surface area (Å²) < 4.78 is 1.73. The molecule has 33 heavy (non-hydrogen) atoms. The summed E-state index contributed by atoms with van der Waals surface area (Å²) in [5.41, 5.74) is 1.42. The summed E-state index contributed by atoms with van der Waals surface area (Å²) in [7, 11) is 0. The molecule has 1 saturated carbocycles. The Morgan fingerprint density at radius 1 is 1.03 bits per heavy atom. The average molecular weight is 464 g/mol. The summed E-state index contributed by atoms with van der Waals surface area (Å²) in [5.74, 6) is 1.12. The van der Waals surface area contributed by atoms with E-state index in [4.69, 9.17) is 0 Å². The highest BCUT2D eigenvalue weighted by atomic mass is 32.2. The molecule has 0 atom stereocenters. The molecule has 0 aliphatic heterocycles. The fourth-order valence-corrected chi connectivity index (χ4v) is 4.86. The van der Waals surface area contributed by atoms with E-state index in [1.165, 1.54) is 43.9 Å². The number of carbonyl (C=O) groups excluding carboxylic acids is 2.